The summed E-state index contributed by atoms with van der Waals surface area (Å²) >= 11 is 0. The molecule has 0 saturated carbocycles. The molecule has 0 bridgehead atoms. The van der Waals surface area contributed by atoms with E-state index in [4.69, 9.17) is 4.42 Å². The van der Waals surface area contributed by atoms with Gasteiger partial charge < -0.3 is 14.6 Å². The maximum absolute atomic E-state index is 12.8. The number of hydrogen-bond donors (Lipinski definition) is 2. The monoisotopic (exact) mass is 459 g/mol. The number of carbonyl (C=O) groups is 2. The Hall–Kier alpha value is -2.86. The highest BCUT2D eigenvalue weighted by atomic mass is 32.2. The molecule has 1 saturated heterocycles. The lowest BCUT2D eigenvalue weighted by Gasteiger charge is -2.31. The number of alkyl halides is 3. The first-order valence-corrected chi connectivity index (χ1v) is 10.8. The highest BCUT2D eigenvalue weighted by molar-refractivity contribution is 7.89. The van der Waals surface area contributed by atoms with Gasteiger partial charge >= 0.3 is 6.18 Å². The lowest BCUT2D eigenvalue weighted by molar-refractivity contribution is -0.137. The fourth-order valence-electron chi connectivity index (χ4n) is 3.15. The molecule has 1 aromatic carbocycles. The molecule has 3 rings (SSSR count). The van der Waals surface area contributed by atoms with Crippen molar-refractivity contribution in [2.75, 3.05) is 19.6 Å². The minimum atomic E-state index is -4.68. The second-order valence-corrected chi connectivity index (χ2v) is 8.73. The third-order valence-corrected chi connectivity index (χ3v) is 6.17. The van der Waals surface area contributed by atoms with E-state index in [2.05, 4.69) is 5.32 Å². The first kappa shape index (κ1) is 22.8. The Morgan fingerprint density at radius 1 is 1.13 bits per heavy atom. The largest absolute Gasteiger partial charge is 0.459 e. The average Bonchev–Trinajstić information content (AvgIpc) is 3.27. The molecule has 0 radical (unpaired) electrons. The van der Waals surface area contributed by atoms with Crippen LogP contribution in [-0.2, 0) is 21.0 Å². The molecular weight excluding hydrogens is 439 g/mol. The summed E-state index contributed by atoms with van der Waals surface area (Å²) in [7, 11) is -4.30. The Balaban J connectivity index is 1.49. The van der Waals surface area contributed by atoms with Crippen LogP contribution in [0.5, 0.6) is 0 Å². The molecule has 2 amide bonds. The molecule has 168 valence electrons. The van der Waals surface area contributed by atoms with Gasteiger partial charge in [0.05, 0.1) is 23.3 Å². The molecule has 2 N–H and O–H groups in total. The van der Waals surface area contributed by atoms with E-state index in [9.17, 15) is 31.2 Å². The number of halogens is 3. The van der Waals surface area contributed by atoms with Crippen molar-refractivity contribution in [3.8, 4) is 0 Å². The molecule has 12 heteroatoms. The van der Waals surface area contributed by atoms with Crippen molar-refractivity contribution >= 4 is 21.8 Å². The number of furan rings is 1. The lowest BCUT2D eigenvalue weighted by Crippen LogP contribution is -2.48. The number of rotatable bonds is 6. The minimum absolute atomic E-state index is 0.228. The number of likely N-dealkylation sites (tertiary alicyclic amines) is 1. The van der Waals surface area contributed by atoms with Gasteiger partial charge in [-0.2, -0.15) is 13.2 Å². The fourth-order valence-corrected chi connectivity index (χ4v) is 4.17. The van der Waals surface area contributed by atoms with Crippen molar-refractivity contribution in [3.05, 3.63) is 54.0 Å². The Morgan fingerprint density at radius 2 is 1.84 bits per heavy atom. The number of nitrogens with zero attached hydrogens (tertiary/aromatic N) is 1. The standard InChI is InChI=1S/C19H20F3N3O5S/c20-19(21,22)13-3-1-4-15(11-13)31(28,29)23-12-17(26)24-14-6-8-25(9-7-14)18(27)16-5-2-10-30-16/h1-5,10-11,14,23H,6-9,12H2,(H,24,26). The Morgan fingerprint density at radius 3 is 2.45 bits per heavy atom. The summed E-state index contributed by atoms with van der Waals surface area (Å²) in [4.78, 5) is 25.3. The summed E-state index contributed by atoms with van der Waals surface area (Å²) < 4.78 is 69.9. The summed E-state index contributed by atoms with van der Waals surface area (Å²) in [6, 6.07) is 6.18. The van der Waals surface area contributed by atoms with Crippen LogP contribution in [0.25, 0.3) is 0 Å². The molecule has 1 aliphatic heterocycles. The summed E-state index contributed by atoms with van der Waals surface area (Å²) in [6.45, 7) is 0.158. The van der Waals surface area contributed by atoms with Gasteiger partial charge in [0, 0.05) is 19.1 Å². The molecule has 1 fully saturated rings. The van der Waals surface area contributed by atoms with Crippen LogP contribution in [0.2, 0.25) is 0 Å². The molecule has 0 atom stereocenters. The number of sulfonamides is 1. The van der Waals surface area contributed by atoms with Gasteiger partial charge in [-0.3, -0.25) is 9.59 Å². The van der Waals surface area contributed by atoms with Crippen LogP contribution in [0.15, 0.2) is 52.0 Å². The maximum Gasteiger partial charge on any atom is 0.416 e. The van der Waals surface area contributed by atoms with Crippen LogP contribution in [-0.4, -0.2) is 50.8 Å². The van der Waals surface area contributed by atoms with Crippen LogP contribution in [0.1, 0.15) is 29.0 Å². The summed E-state index contributed by atoms with van der Waals surface area (Å²) in [5.74, 6) is -0.638. The highest BCUT2D eigenvalue weighted by Gasteiger charge is 2.32. The van der Waals surface area contributed by atoms with Crippen molar-refractivity contribution in [2.45, 2.75) is 30.0 Å². The van der Waals surface area contributed by atoms with Crippen molar-refractivity contribution < 1.29 is 35.6 Å². The predicted octanol–water partition coefficient (Wildman–Crippen LogP) is 2.00. The normalized spacial score (nSPS) is 15.6. The van der Waals surface area contributed by atoms with Crippen molar-refractivity contribution in [3.63, 3.8) is 0 Å². The third kappa shape index (κ3) is 5.85. The SMILES string of the molecule is O=C(CNS(=O)(=O)c1cccc(C(F)(F)F)c1)NC1CCN(C(=O)c2ccco2)CC1. The quantitative estimate of drug-likeness (QED) is 0.687. The van der Waals surface area contributed by atoms with Gasteiger partial charge in [-0.25, -0.2) is 13.1 Å². The highest BCUT2D eigenvalue weighted by Crippen LogP contribution is 2.30. The van der Waals surface area contributed by atoms with Gasteiger partial charge in [0.2, 0.25) is 15.9 Å². The maximum atomic E-state index is 12.8. The van der Waals surface area contributed by atoms with E-state index >= 15 is 0 Å². The number of carbonyl (C=O) groups excluding carboxylic acids is 2. The number of nitrogens with one attached hydrogen (secondary N) is 2. The Kier molecular flexibility index (Phi) is 6.70. The molecule has 31 heavy (non-hydrogen) atoms. The van der Waals surface area contributed by atoms with E-state index < -0.39 is 39.1 Å². The van der Waals surface area contributed by atoms with Crippen LogP contribution < -0.4 is 10.0 Å². The fraction of sp³-hybridized carbons (Fsp3) is 0.368. The zero-order valence-electron chi connectivity index (χ0n) is 16.2. The van der Waals surface area contributed by atoms with Gasteiger partial charge in [-0.1, -0.05) is 6.07 Å². The number of hydrogen-bond acceptors (Lipinski definition) is 5. The van der Waals surface area contributed by atoms with E-state index in [1.54, 1.807) is 17.0 Å². The summed E-state index contributed by atoms with van der Waals surface area (Å²) in [6.07, 6.45) is -2.34. The molecule has 1 aliphatic rings. The summed E-state index contributed by atoms with van der Waals surface area (Å²) in [5, 5.41) is 2.67. The second-order valence-electron chi connectivity index (χ2n) is 6.96. The number of piperidine rings is 1. The molecule has 1 aromatic heterocycles. The van der Waals surface area contributed by atoms with E-state index in [0.717, 1.165) is 18.2 Å². The molecular formula is C19H20F3N3O5S. The van der Waals surface area contributed by atoms with Gasteiger partial charge in [-0.05, 0) is 43.2 Å². The van der Waals surface area contributed by atoms with Crippen LogP contribution >= 0.6 is 0 Å². The molecule has 2 heterocycles. The molecule has 0 spiro atoms. The van der Waals surface area contributed by atoms with Crippen molar-refractivity contribution in [2.24, 2.45) is 0 Å². The van der Waals surface area contributed by atoms with E-state index in [0.29, 0.717) is 32.0 Å². The molecule has 0 unspecified atom stereocenters. The zero-order valence-corrected chi connectivity index (χ0v) is 17.0. The van der Waals surface area contributed by atoms with Gasteiger partial charge in [0.25, 0.3) is 5.91 Å². The third-order valence-electron chi connectivity index (χ3n) is 4.77. The van der Waals surface area contributed by atoms with E-state index in [-0.39, 0.29) is 17.7 Å². The van der Waals surface area contributed by atoms with Crippen LogP contribution in [0.4, 0.5) is 13.2 Å². The minimum Gasteiger partial charge on any atom is -0.459 e. The van der Waals surface area contributed by atoms with Crippen LogP contribution in [0, 0.1) is 0 Å². The average molecular weight is 459 g/mol. The molecule has 0 aliphatic carbocycles. The first-order valence-electron chi connectivity index (χ1n) is 9.35. The van der Waals surface area contributed by atoms with E-state index in [1.165, 1.54) is 6.26 Å². The number of amides is 2. The first-order chi connectivity index (χ1) is 14.6. The van der Waals surface area contributed by atoms with Gasteiger partial charge in [0.15, 0.2) is 5.76 Å². The molecule has 2 aromatic rings. The van der Waals surface area contributed by atoms with Crippen LogP contribution in [0.3, 0.4) is 0 Å². The zero-order chi connectivity index (χ0) is 22.6. The Labute approximate surface area is 176 Å². The summed E-state index contributed by atoms with van der Waals surface area (Å²) in [5.41, 5.74) is -1.10. The Bertz CT molecular complexity index is 1030. The van der Waals surface area contributed by atoms with Crippen molar-refractivity contribution in [1.29, 1.82) is 0 Å². The lowest BCUT2D eigenvalue weighted by atomic mass is 10.0. The van der Waals surface area contributed by atoms with E-state index in [1.807, 2.05) is 4.72 Å². The smallest absolute Gasteiger partial charge is 0.416 e. The van der Waals surface area contributed by atoms with Gasteiger partial charge in [0.1, 0.15) is 0 Å². The number of benzene rings is 1. The van der Waals surface area contributed by atoms with Gasteiger partial charge in [-0.15, -0.1) is 0 Å². The molecule has 8 nitrogen and oxygen atoms in total. The van der Waals surface area contributed by atoms with Crippen molar-refractivity contribution in [1.82, 2.24) is 14.9 Å². The topological polar surface area (TPSA) is 109 Å². The second kappa shape index (κ2) is 9.10. The predicted molar refractivity (Wildman–Crippen MR) is 102 cm³/mol.